The molecule has 2 N–H and O–H groups in total. The Labute approximate surface area is 130 Å². The number of pyridine rings is 1. The van der Waals surface area contributed by atoms with Gasteiger partial charge in [0.15, 0.2) is 0 Å². The van der Waals surface area contributed by atoms with Crippen molar-refractivity contribution < 1.29 is 17.0 Å². The largest absolute Gasteiger partial charge is 1.00 e. The van der Waals surface area contributed by atoms with E-state index in [2.05, 4.69) is 15.9 Å². The van der Waals surface area contributed by atoms with E-state index in [-0.39, 0.29) is 12.4 Å². The van der Waals surface area contributed by atoms with Crippen molar-refractivity contribution in [3.63, 3.8) is 0 Å². The maximum Gasteiger partial charge on any atom is 0.272 e. The van der Waals surface area contributed by atoms with Gasteiger partial charge in [0.05, 0.1) is 6.20 Å². The Kier molecular flexibility index (Phi) is 6.29. The number of thioether (sulfide) groups is 1. The molecular formula is C12H11BrCl2N2S. The van der Waals surface area contributed by atoms with Crippen LogP contribution in [0.4, 0.5) is 5.82 Å². The summed E-state index contributed by atoms with van der Waals surface area (Å²) in [7, 11) is 0. The van der Waals surface area contributed by atoms with Crippen molar-refractivity contribution in [3.8, 4) is 0 Å². The Bertz CT molecular complexity index is 537. The summed E-state index contributed by atoms with van der Waals surface area (Å²) < 4.78 is 3.00. The lowest BCUT2D eigenvalue weighted by atomic mass is 10.4. The van der Waals surface area contributed by atoms with Crippen LogP contribution in [0.2, 0.25) is 5.02 Å². The van der Waals surface area contributed by atoms with E-state index in [1.807, 2.05) is 47.2 Å². The Morgan fingerprint density at radius 1 is 1.28 bits per heavy atom. The molecule has 2 nitrogen and oxygen atoms in total. The summed E-state index contributed by atoms with van der Waals surface area (Å²) in [6.07, 6.45) is 1.96. The lowest BCUT2D eigenvalue weighted by Gasteiger charge is -2.05. The van der Waals surface area contributed by atoms with Gasteiger partial charge in [-0.2, -0.15) is 0 Å². The predicted molar refractivity (Wildman–Crippen MR) is 76.1 cm³/mol. The SMILES string of the molecule is Nc1cccc[n+]1CSc1ccc(Cl)cc1Br.[Cl-]. The molecule has 2 aromatic rings. The van der Waals surface area contributed by atoms with Crippen LogP contribution in [-0.4, -0.2) is 0 Å². The first-order valence-corrected chi connectivity index (χ1v) is 7.14. The smallest absolute Gasteiger partial charge is 0.272 e. The van der Waals surface area contributed by atoms with Crippen LogP contribution >= 0.6 is 39.3 Å². The molecule has 18 heavy (non-hydrogen) atoms. The van der Waals surface area contributed by atoms with E-state index < -0.39 is 0 Å². The van der Waals surface area contributed by atoms with Gasteiger partial charge in [0, 0.05) is 20.5 Å². The summed E-state index contributed by atoms with van der Waals surface area (Å²) in [5, 5.41) is 0.730. The zero-order valence-electron chi connectivity index (χ0n) is 9.32. The highest BCUT2D eigenvalue weighted by Crippen LogP contribution is 2.29. The van der Waals surface area contributed by atoms with Gasteiger partial charge in [-0.15, -0.1) is 0 Å². The fourth-order valence-corrected chi connectivity index (χ4v) is 3.24. The number of halogens is 3. The maximum absolute atomic E-state index is 5.89. The summed E-state index contributed by atoms with van der Waals surface area (Å²) in [5.41, 5.74) is 5.86. The molecule has 0 aliphatic heterocycles. The molecule has 1 aromatic heterocycles. The van der Waals surface area contributed by atoms with E-state index in [0.717, 1.165) is 26.1 Å². The van der Waals surface area contributed by atoms with Crippen LogP contribution in [0.1, 0.15) is 0 Å². The summed E-state index contributed by atoms with van der Waals surface area (Å²) in [5.74, 6) is 1.53. The summed E-state index contributed by atoms with van der Waals surface area (Å²) in [6.45, 7) is 0. The van der Waals surface area contributed by atoms with E-state index in [1.165, 1.54) is 0 Å². The number of nitrogens with two attached hydrogens (primary N) is 1. The van der Waals surface area contributed by atoms with E-state index in [4.69, 9.17) is 17.3 Å². The minimum Gasteiger partial charge on any atom is -1.00 e. The van der Waals surface area contributed by atoms with Crippen molar-refractivity contribution in [1.29, 1.82) is 0 Å². The van der Waals surface area contributed by atoms with Gasteiger partial charge in [0.25, 0.3) is 5.82 Å². The molecule has 96 valence electrons. The van der Waals surface area contributed by atoms with Gasteiger partial charge in [-0.1, -0.05) is 29.4 Å². The second kappa shape index (κ2) is 7.24. The molecule has 0 amide bonds. The number of nitrogens with zero attached hydrogens (tertiary/aromatic N) is 1. The van der Waals surface area contributed by atoms with Gasteiger partial charge in [-0.25, -0.2) is 4.57 Å². The minimum atomic E-state index is 0. The highest BCUT2D eigenvalue weighted by Gasteiger charge is 2.06. The quantitative estimate of drug-likeness (QED) is 0.641. The number of anilines is 1. The fraction of sp³-hybridized carbons (Fsp3) is 0.0833. The van der Waals surface area contributed by atoms with Crippen LogP contribution in [0.15, 0.2) is 52.0 Å². The van der Waals surface area contributed by atoms with Crippen molar-refractivity contribution in [2.45, 2.75) is 10.8 Å². The Hall–Kier alpha value is -0.420. The maximum atomic E-state index is 5.89. The summed E-state index contributed by atoms with van der Waals surface area (Å²) >= 11 is 11.1. The molecule has 0 bridgehead atoms. The average molecular weight is 366 g/mol. The normalized spacial score (nSPS) is 9.89. The molecule has 0 atom stereocenters. The zero-order chi connectivity index (χ0) is 12.3. The third kappa shape index (κ3) is 4.05. The summed E-state index contributed by atoms with van der Waals surface area (Å²) in [6, 6.07) is 11.5. The average Bonchev–Trinajstić information content (AvgIpc) is 2.30. The standard InChI is InChI=1S/C12H10BrClN2S.ClH/c13-10-7-9(14)4-5-11(10)17-8-16-6-2-1-3-12(16)15;/h1-7,15H,8H2;1H. The highest BCUT2D eigenvalue weighted by atomic mass is 79.9. The molecular weight excluding hydrogens is 355 g/mol. The van der Waals surface area contributed by atoms with Crippen LogP contribution < -0.4 is 22.7 Å². The molecule has 0 spiro atoms. The molecule has 1 aromatic carbocycles. The van der Waals surface area contributed by atoms with Crippen molar-refractivity contribution in [2.24, 2.45) is 0 Å². The van der Waals surface area contributed by atoms with Crippen LogP contribution in [0.5, 0.6) is 0 Å². The number of benzene rings is 1. The van der Waals surface area contributed by atoms with E-state index in [1.54, 1.807) is 11.8 Å². The molecule has 1 heterocycles. The van der Waals surface area contributed by atoms with Crippen molar-refractivity contribution >= 4 is 45.1 Å². The fourth-order valence-electron chi connectivity index (χ4n) is 1.34. The predicted octanol–water partition coefficient (Wildman–Crippen LogP) is 0.726. The van der Waals surface area contributed by atoms with E-state index in [9.17, 15) is 0 Å². The van der Waals surface area contributed by atoms with Crippen molar-refractivity contribution in [1.82, 2.24) is 0 Å². The molecule has 0 fully saturated rings. The molecule has 0 saturated heterocycles. The first kappa shape index (κ1) is 15.6. The van der Waals surface area contributed by atoms with Gasteiger partial charge in [-0.3, -0.25) is 5.73 Å². The lowest BCUT2D eigenvalue weighted by Crippen LogP contribution is -3.00. The third-order valence-corrected chi connectivity index (χ3v) is 4.46. The van der Waals surface area contributed by atoms with Crippen LogP contribution in [0.25, 0.3) is 0 Å². The summed E-state index contributed by atoms with van der Waals surface area (Å²) in [4.78, 5) is 1.14. The van der Waals surface area contributed by atoms with Crippen molar-refractivity contribution in [2.75, 3.05) is 5.73 Å². The molecule has 0 saturated carbocycles. The van der Waals surface area contributed by atoms with Gasteiger partial charge in [-0.05, 0) is 40.2 Å². The second-order valence-corrected chi connectivity index (χ2v) is 5.72. The Balaban J connectivity index is 0.00000162. The number of nitrogen functional groups attached to an aromatic ring is 1. The Morgan fingerprint density at radius 2 is 2.06 bits per heavy atom. The number of hydrogen-bond acceptors (Lipinski definition) is 2. The first-order valence-electron chi connectivity index (χ1n) is 4.98. The first-order chi connectivity index (χ1) is 8.16. The number of hydrogen-bond donors (Lipinski definition) is 1. The lowest BCUT2D eigenvalue weighted by molar-refractivity contribution is -0.661. The van der Waals surface area contributed by atoms with Gasteiger partial charge in [0.1, 0.15) is 5.88 Å². The molecule has 6 heteroatoms. The monoisotopic (exact) mass is 364 g/mol. The number of aromatic nitrogens is 1. The molecule has 0 radical (unpaired) electrons. The van der Waals surface area contributed by atoms with Gasteiger partial charge < -0.3 is 12.4 Å². The molecule has 0 aliphatic rings. The molecule has 0 aliphatic carbocycles. The topological polar surface area (TPSA) is 29.9 Å². The number of rotatable bonds is 3. The van der Waals surface area contributed by atoms with Crippen LogP contribution in [0, 0.1) is 0 Å². The van der Waals surface area contributed by atoms with Crippen LogP contribution in [0.3, 0.4) is 0 Å². The minimum absolute atomic E-state index is 0. The third-order valence-electron chi connectivity index (χ3n) is 2.23. The van der Waals surface area contributed by atoms with E-state index >= 15 is 0 Å². The Morgan fingerprint density at radius 3 is 2.72 bits per heavy atom. The molecule has 0 unspecified atom stereocenters. The molecule has 2 rings (SSSR count). The van der Waals surface area contributed by atoms with Crippen LogP contribution in [-0.2, 0) is 5.88 Å². The van der Waals surface area contributed by atoms with E-state index in [0.29, 0.717) is 0 Å². The zero-order valence-corrected chi connectivity index (χ0v) is 13.2. The van der Waals surface area contributed by atoms with Gasteiger partial charge in [0.2, 0.25) is 0 Å². The van der Waals surface area contributed by atoms with Crippen molar-refractivity contribution in [3.05, 3.63) is 52.1 Å². The van der Waals surface area contributed by atoms with Gasteiger partial charge >= 0.3 is 0 Å². The second-order valence-electron chi connectivity index (χ2n) is 3.44. The highest BCUT2D eigenvalue weighted by molar-refractivity contribution is 9.10.